The van der Waals surface area contributed by atoms with Gasteiger partial charge in [-0.05, 0) is 43.9 Å². The predicted molar refractivity (Wildman–Crippen MR) is 89.5 cm³/mol. The van der Waals surface area contributed by atoms with Crippen LogP contribution in [0, 0.1) is 12.7 Å². The van der Waals surface area contributed by atoms with Gasteiger partial charge in [-0.2, -0.15) is 5.10 Å². The van der Waals surface area contributed by atoms with E-state index in [2.05, 4.69) is 10.1 Å². The highest BCUT2D eigenvalue weighted by Gasteiger charge is 2.30. The zero-order valence-corrected chi connectivity index (χ0v) is 13.9. The smallest absolute Gasteiger partial charge is 0.166 e. The van der Waals surface area contributed by atoms with Gasteiger partial charge in [0.2, 0.25) is 0 Å². The summed E-state index contributed by atoms with van der Waals surface area (Å²) in [5.74, 6) is -0.456. The Kier molecular flexibility index (Phi) is 3.49. The van der Waals surface area contributed by atoms with Crippen molar-refractivity contribution in [1.82, 2.24) is 14.6 Å². The molecule has 0 fully saturated rings. The van der Waals surface area contributed by atoms with Gasteiger partial charge in [-0.15, -0.1) is 0 Å². The first-order chi connectivity index (χ1) is 12.0. The Hall–Kier alpha value is -2.89. The molecule has 5 nitrogen and oxygen atoms in total. The van der Waals surface area contributed by atoms with Gasteiger partial charge in [0.15, 0.2) is 17.2 Å². The molecular formula is C19H16FN3O2. The van der Waals surface area contributed by atoms with Crippen LogP contribution in [0.2, 0.25) is 0 Å². The first-order valence-corrected chi connectivity index (χ1v) is 8.12. The van der Waals surface area contributed by atoms with E-state index < -0.39 is 0 Å². The van der Waals surface area contributed by atoms with Crippen LogP contribution < -0.4 is 0 Å². The Bertz CT molecular complexity index is 1020. The van der Waals surface area contributed by atoms with Gasteiger partial charge in [-0.3, -0.25) is 9.59 Å². The van der Waals surface area contributed by atoms with Crippen LogP contribution in [0.4, 0.5) is 4.39 Å². The number of Topliss-reactive ketones (excluding diaryl/α,β-unsaturated/α-hetero) is 2. The monoisotopic (exact) mass is 337 g/mol. The van der Waals surface area contributed by atoms with Crippen molar-refractivity contribution >= 4 is 17.2 Å². The molecule has 0 amide bonds. The van der Waals surface area contributed by atoms with E-state index in [9.17, 15) is 14.0 Å². The molecule has 0 N–H and O–H groups in total. The van der Waals surface area contributed by atoms with Crippen molar-refractivity contribution in [3.05, 3.63) is 64.4 Å². The summed E-state index contributed by atoms with van der Waals surface area (Å²) in [6.45, 7) is 3.25. The molecule has 0 aliphatic heterocycles. The van der Waals surface area contributed by atoms with E-state index in [0.717, 1.165) is 11.3 Å². The lowest BCUT2D eigenvalue weighted by Gasteiger charge is -2.24. The molecule has 1 unspecified atom stereocenters. The zero-order chi connectivity index (χ0) is 17.7. The molecule has 2 aromatic heterocycles. The second-order valence-electron chi connectivity index (χ2n) is 6.45. The molecule has 0 saturated heterocycles. The molecule has 1 aliphatic carbocycles. The molecule has 0 radical (unpaired) electrons. The molecule has 2 heterocycles. The maximum atomic E-state index is 13.2. The first kappa shape index (κ1) is 15.6. The topological polar surface area (TPSA) is 64.3 Å². The van der Waals surface area contributed by atoms with Crippen LogP contribution in [0.3, 0.4) is 0 Å². The Balaban J connectivity index is 1.86. The third-order valence-electron chi connectivity index (χ3n) is 4.78. The van der Waals surface area contributed by atoms with Crippen LogP contribution in [-0.4, -0.2) is 26.2 Å². The van der Waals surface area contributed by atoms with Crippen LogP contribution in [0.5, 0.6) is 0 Å². The van der Waals surface area contributed by atoms with Crippen LogP contribution in [0.25, 0.3) is 5.65 Å². The van der Waals surface area contributed by atoms with Gasteiger partial charge in [0.25, 0.3) is 0 Å². The normalized spacial score (nSPS) is 16.9. The van der Waals surface area contributed by atoms with Crippen molar-refractivity contribution in [3.63, 3.8) is 0 Å². The van der Waals surface area contributed by atoms with Gasteiger partial charge < -0.3 is 0 Å². The number of carbonyl (C=O) groups is 2. The van der Waals surface area contributed by atoms with E-state index in [1.54, 1.807) is 29.8 Å². The molecule has 3 aromatic rings. The van der Waals surface area contributed by atoms with Gasteiger partial charge in [0.05, 0.1) is 22.5 Å². The largest absolute Gasteiger partial charge is 0.294 e. The first-order valence-electron chi connectivity index (χ1n) is 8.12. The van der Waals surface area contributed by atoms with Crippen LogP contribution in [0.15, 0.2) is 30.5 Å². The molecular weight excluding hydrogens is 321 g/mol. The molecule has 1 aromatic carbocycles. The van der Waals surface area contributed by atoms with Crippen LogP contribution in [-0.2, 0) is 6.42 Å². The fraction of sp³-hybridized carbons (Fsp3) is 0.263. The van der Waals surface area contributed by atoms with Crippen molar-refractivity contribution in [1.29, 1.82) is 0 Å². The van der Waals surface area contributed by atoms with E-state index >= 15 is 0 Å². The number of halogens is 1. The summed E-state index contributed by atoms with van der Waals surface area (Å²) in [6, 6.07) is 6.24. The second kappa shape index (κ2) is 5.58. The van der Waals surface area contributed by atoms with Crippen molar-refractivity contribution in [3.8, 4) is 0 Å². The Morgan fingerprint density at radius 2 is 1.96 bits per heavy atom. The fourth-order valence-electron chi connectivity index (χ4n) is 3.59. The van der Waals surface area contributed by atoms with E-state index in [1.165, 1.54) is 19.1 Å². The molecule has 0 bridgehead atoms. The number of aromatic nitrogens is 3. The number of nitrogens with zero attached hydrogens (tertiary/aromatic N) is 3. The third kappa shape index (κ3) is 2.45. The van der Waals surface area contributed by atoms with Crippen LogP contribution in [0.1, 0.15) is 56.9 Å². The predicted octanol–water partition coefficient (Wildman–Crippen LogP) is 3.29. The van der Waals surface area contributed by atoms with E-state index in [0.29, 0.717) is 35.3 Å². The van der Waals surface area contributed by atoms with Crippen molar-refractivity contribution in [2.75, 3.05) is 0 Å². The van der Waals surface area contributed by atoms with Crippen molar-refractivity contribution < 1.29 is 14.0 Å². The lowest BCUT2D eigenvalue weighted by atomic mass is 9.82. The number of hydrogen-bond donors (Lipinski definition) is 0. The highest BCUT2D eigenvalue weighted by molar-refractivity contribution is 6.02. The molecule has 4 rings (SSSR count). The molecule has 6 heteroatoms. The number of fused-ring (bicyclic) bond motifs is 3. The van der Waals surface area contributed by atoms with E-state index in [1.807, 2.05) is 0 Å². The van der Waals surface area contributed by atoms with Gasteiger partial charge in [0, 0.05) is 12.6 Å². The van der Waals surface area contributed by atoms with E-state index in [-0.39, 0.29) is 23.3 Å². The average molecular weight is 337 g/mol. The summed E-state index contributed by atoms with van der Waals surface area (Å²) >= 11 is 0. The number of carbonyl (C=O) groups excluding carboxylic acids is 2. The fourth-order valence-corrected chi connectivity index (χ4v) is 3.59. The summed E-state index contributed by atoms with van der Waals surface area (Å²) in [4.78, 5) is 28.8. The Morgan fingerprint density at radius 1 is 1.24 bits per heavy atom. The maximum absolute atomic E-state index is 13.2. The summed E-state index contributed by atoms with van der Waals surface area (Å²) in [5.41, 5.74) is 3.79. The quantitative estimate of drug-likeness (QED) is 0.673. The number of hydrogen-bond acceptors (Lipinski definition) is 4. The number of benzene rings is 1. The standard InChI is InChI=1S/C19H16FN3O2/c1-10-18(11(2)24)19-21-9-15-16(23(19)22-10)7-13(8-17(15)25)12-3-5-14(20)6-4-12/h3-6,9,13H,7-8H2,1-2H3. The number of ketones is 2. The molecule has 1 aliphatic rings. The van der Waals surface area contributed by atoms with Crippen molar-refractivity contribution in [2.24, 2.45) is 0 Å². The molecule has 126 valence electrons. The second-order valence-corrected chi connectivity index (χ2v) is 6.45. The molecule has 0 spiro atoms. The van der Waals surface area contributed by atoms with E-state index in [4.69, 9.17) is 0 Å². The zero-order valence-electron chi connectivity index (χ0n) is 13.9. The lowest BCUT2D eigenvalue weighted by molar-refractivity contribution is 0.0961. The van der Waals surface area contributed by atoms with Gasteiger partial charge in [-0.25, -0.2) is 13.9 Å². The minimum Gasteiger partial charge on any atom is -0.294 e. The summed E-state index contributed by atoms with van der Waals surface area (Å²) < 4.78 is 14.8. The molecule has 1 atom stereocenters. The minimum absolute atomic E-state index is 0.0116. The maximum Gasteiger partial charge on any atom is 0.166 e. The highest BCUT2D eigenvalue weighted by Crippen LogP contribution is 2.33. The Labute approximate surface area is 143 Å². The Morgan fingerprint density at radius 3 is 2.64 bits per heavy atom. The third-order valence-corrected chi connectivity index (χ3v) is 4.78. The summed E-state index contributed by atoms with van der Waals surface area (Å²) in [6.07, 6.45) is 2.48. The summed E-state index contributed by atoms with van der Waals surface area (Å²) in [7, 11) is 0. The number of rotatable bonds is 2. The SMILES string of the molecule is CC(=O)c1c(C)nn2c3c(cnc12)C(=O)CC(c1ccc(F)cc1)C3. The van der Waals surface area contributed by atoms with Crippen molar-refractivity contribution in [2.45, 2.75) is 32.6 Å². The van der Waals surface area contributed by atoms with Gasteiger partial charge in [-0.1, -0.05) is 12.1 Å². The minimum atomic E-state index is -0.299. The average Bonchev–Trinajstić information content (AvgIpc) is 2.92. The van der Waals surface area contributed by atoms with Gasteiger partial charge >= 0.3 is 0 Å². The lowest BCUT2D eigenvalue weighted by Crippen LogP contribution is -2.22. The summed E-state index contributed by atoms with van der Waals surface area (Å²) in [5, 5.41) is 4.45. The highest BCUT2D eigenvalue weighted by atomic mass is 19.1. The molecule has 25 heavy (non-hydrogen) atoms. The van der Waals surface area contributed by atoms with Gasteiger partial charge in [0.1, 0.15) is 5.82 Å². The number of aryl methyl sites for hydroxylation is 1. The van der Waals surface area contributed by atoms with Crippen LogP contribution >= 0.6 is 0 Å². The molecule has 0 saturated carbocycles.